The molecule has 0 heterocycles. The van der Waals surface area contributed by atoms with E-state index in [1.807, 2.05) is 0 Å². The van der Waals surface area contributed by atoms with E-state index in [4.69, 9.17) is 39.8 Å². The fourth-order valence-corrected chi connectivity index (χ4v) is 9.17. The van der Waals surface area contributed by atoms with E-state index in [2.05, 4.69) is 0 Å². The van der Waals surface area contributed by atoms with Gasteiger partial charge < -0.3 is 39.8 Å². The molecule has 0 saturated carbocycles. The van der Waals surface area contributed by atoms with E-state index in [-0.39, 0.29) is 0 Å². The van der Waals surface area contributed by atoms with E-state index in [9.17, 15) is 0 Å². The molecule has 0 aliphatic carbocycles. The van der Waals surface area contributed by atoms with Crippen molar-refractivity contribution >= 4 is 33.1 Å². The molecule has 0 N–H and O–H groups in total. The molecule has 0 aliphatic heterocycles. The summed E-state index contributed by atoms with van der Waals surface area (Å²) in [5.74, 6) is 0. The van der Waals surface area contributed by atoms with Crippen molar-refractivity contribution in [2.24, 2.45) is 0 Å². The van der Waals surface area contributed by atoms with Crippen molar-refractivity contribution in [1.29, 1.82) is 0 Å². The van der Waals surface area contributed by atoms with Crippen LogP contribution in [0.5, 0.6) is 0 Å². The second-order valence-electron chi connectivity index (χ2n) is 7.43. The second-order valence-corrected chi connectivity index (χ2v) is 16.7. The van der Waals surface area contributed by atoms with Crippen LogP contribution in [-0.4, -0.2) is 97.1 Å². The summed E-state index contributed by atoms with van der Waals surface area (Å²) in [6.45, 7) is 0.534. The smallest absolute Gasteiger partial charge is 0.377 e. The predicted molar refractivity (Wildman–Crippen MR) is 129 cm³/mol. The van der Waals surface area contributed by atoms with Gasteiger partial charge in [-0.15, -0.1) is 0 Å². The molecule has 9 nitrogen and oxygen atoms in total. The summed E-state index contributed by atoms with van der Waals surface area (Å²) in [4.78, 5) is 0. The maximum Gasteiger partial charge on any atom is 0.500 e. The monoisotopic (exact) mass is 500 g/mol. The fourth-order valence-electron chi connectivity index (χ4n) is 3.92. The third-order valence-corrected chi connectivity index (χ3v) is 14.6. The minimum absolute atomic E-state index is 0.534. The highest BCUT2D eigenvalue weighted by molar-refractivity contribution is 6.63. The Kier molecular flexibility index (Phi) is 17.1. The van der Waals surface area contributed by atoms with E-state index in [0.717, 1.165) is 56.4 Å². The molecule has 0 atom stereocenters. The van der Waals surface area contributed by atoms with Gasteiger partial charge in [0, 0.05) is 82.1 Å². The molecule has 0 aliphatic rings. The lowest BCUT2D eigenvalue weighted by atomic mass is 9.41. The van der Waals surface area contributed by atoms with Gasteiger partial charge in [0.2, 0.25) is 0 Å². The van der Waals surface area contributed by atoms with Crippen molar-refractivity contribution in [2.45, 2.75) is 56.4 Å². The highest BCUT2D eigenvalue weighted by Gasteiger charge is 2.40. The first kappa shape index (κ1) is 31.4. The zero-order chi connectivity index (χ0) is 23.8. The summed E-state index contributed by atoms with van der Waals surface area (Å²) in [6.07, 6.45) is 6.13. The van der Waals surface area contributed by atoms with Crippen molar-refractivity contribution in [1.82, 2.24) is 0 Å². The Labute approximate surface area is 193 Å². The van der Waals surface area contributed by atoms with Gasteiger partial charge in [0.05, 0.1) is 0 Å². The van der Waals surface area contributed by atoms with E-state index in [1.54, 1.807) is 64.0 Å². The van der Waals surface area contributed by atoms with E-state index < -0.39 is 26.4 Å². The van der Waals surface area contributed by atoms with Gasteiger partial charge in [-0.3, -0.25) is 0 Å². The average Bonchev–Trinajstić information content (AvgIpc) is 2.83. The van der Waals surface area contributed by atoms with Crippen molar-refractivity contribution in [3.8, 4) is 0 Å². The third kappa shape index (κ3) is 10.4. The largest absolute Gasteiger partial charge is 0.500 e. The van der Waals surface area contributed by atoms with Gasteiger partial charge in [0.25, 0.3) is 0 Å². The second kappa shape index (κ2) is 16.9. The Morgan fingerprint density at radius 1 is 0.387 bits per heavy atom. The molecule has 0 aromatic carbocycles. The molecule has 31 heavy (non-hydrogen) atoms. The Morgan fingerprint density at radius 2 is 0.581 bits per heavy atom. The third-order valence-electron chi connectivity index (χ3n) is 6.09. The Balaban J connectivity index is 4.91. The lowest BCUT2D eigenvalue weighted by Gasteiger charge is -2.27. The Hall–Kier alpha value is 0.356. The van der Waals surface area contributed by atoms with Gasteiger partial charge >= 0.3 is 26.4 Å². The maximum atomic E-state index is 5.56. The molecule has 0 bridgehead atoms. The molecule has 13 heteroatoms. The van der Waals surface area contributed by atoms with Crippen LogP contribution >= 0.6 is 0 Å². The summed E-state index contributed by atoms with van der Waals surface area (Å²) in [5.41, 5.74) is 0. The zero-order valence-electron chi connectivity index (χ0n) is 21.1. The number of hydrogen-bond donors (Lipinski definition) is 0. The molecular formula is C18H45BO9Si3. The van der Waals surface area contributed by atoms with Gasteiger partial charge in [-0.25, -0.2) is 0 Å². The molecule has 0 rings (SSSR count). The SMILES string of the molecule is CO[Si](CCCB(CCC[Si](OC)(OC)OC)CCC[Si](OC)(OC)OC)(OC)OC. The van der Waals surface area contributed by atoms with Crippen LogP contribution in [-0.2, 0) is 39.8 Å². The zero-order valence-corrected chi connectivity index (χ0v) is 24.1. The molecule has 0 amide bonds. The Bertz CT molecular complexity index is 353. The summed E-state index contributed by atoms with van der Waals surface area (Å²) in [7, 11) is 7.28. The van der Waals surface area contributed by atoms with Gasteiger partial charge in [-0.2, -0.15) is 0 Å². The van der Waals surface area contributed by atoms with Crippen molar-refractivity contribution in [2.75, 3.05) is 64.0 Å². The van der Waals surface area contributed by atoms with E-state index >= 15 is 0 Å². The first-order chi connectivity index (χ1) is 14.8. The standard InChI is InChI=1S/C18H45BO9Si3/c1-20-29(21-2,22-3)16-10-13-19(14-11-17-30(23-4,24-5)25-6)15-12-18-31(26-7,27-8)28-9/h10-18H2,1-9H3. The van der Waals surface area contributed by atoms with Crippen molar-refractivity contribution in [3.05, 3.63) is 0 Å². The normalized spacial score (nSPS) is 13.1. The van der Waals surface area contributed by atoms with Gasteiger partial charge in [0.15, 0.2) is 0 Å². The molecule has 0 aromatic heterocycles. The molecule has 0 aromatic rings. The van der Waals surface area contributed by atoms with Crippen LogP contribution in [0.2, 0.25) is 37.1 Å². The molecule has 0 radical (unpaired) electrons. The molecular weight excluding hydrogens is 455 g/mol. The van der Waals surface area contributed by atoms with Crippen LogP contribution in [0.1, 0.15) is 19.3 Å². The highest BCUT2D eigenvalue weighted by atomic mass is 28.4. The highest BCUT2D eigenvalue weighted by Crippen LogP contribution is 2.26. The van der Waals surface area contributed by atoms with Crippen LogP contribution in [0.15, 0.2) is 0 Å². The van der Waals surface area contributed by atoms with E-state index in [1.165, 1.54) is 0 Å². The molecule has 186 valence electrons. The summed E-state index contributed by atoms with van der Waals surface area (Å²) >= 11 is 0. The van der Waals surface area contributed by atoms with Crippen LogP contribution in [0.4, 0.5) is 0 Å². The fraction of sp³-hybridized carbons (Fsp3) is 1.00. The van der Waals surface area contributed by atoms with Gasteiger partial charge in [-0.05, 0) is 0 Å². The predicted octanol–water partition coefficient (Wildman–Crippen LogP) is 3.29. The average molecular weight is 501 g/mol. The topological polar surface area (TPSA) is 83.1 Å². The summed E-state index contributed by atoms with van der Waals surface area (Å²) in [6, 6.07) is 2.40. The first-order valence-corrected chi connectivity index (χ1v) is 16.6. The summed E-state index contributed by atoms with van der Waals surface area (Å²) in [5, 5.41) is 0. The van der Waals surface area contributed by atoms with Gasteiger partial charge in [-0.1, -0.05) is 38.2 Å². The Morgan fingerprint density at radius 3 is 0.742 bits per heavy atom. The van der Waals surface area contributed by atoms with Crippen molar-refractivity contribution < 1.29 is 39.8 Å². The minimum atomic E-state index is -2.55. The van der Waals surface area contributed by atoms with Crippen LogP contribution in [0, 0.1) is 0 Å². The lowest BCUT2D eigenvalue weighted by molar-refractivity contribution is 0.123. The minimum Gasteiger partial charge on any atom is -0.377 e. The first-order valence-electron chi connectivity index (χ1n) is 10.8. The van der Waals surface area contributed by atoms with Gasteiger partial charge in [0.1, 0.15) is 6.71 Å². The quantitative estimate of drug-likeness (QED) is 0.221. The van der Waals surface area contributed by atoms with Crippen LogP contribution in [0.3, 0.4) is 0 Å². The molecule has 0 fully saturated rings. The lowest BCUT2D eigenvalue weighted by Crippen LogP contribution is -2.43. The molecule has 0 unspecified atom stereocenters. The van der Waals surface area contributed by atoms with Crippen LogP contribution in [0.25, 0.3) is 0 Å². The van der Waals surface area contributed by atoms with Crippen LogP contribution < -0.4 is 0 Å². The maximum absolute atomic E-state index is 5.56. The van der Waals surface area contributed by atoms with E-state index in [0.29, 0.717) is 6.71 Å². The summed E-state index contributed by atoms with van der Waals surface area (Å²) < 4.78 is 50.1. The molecule has 0 saturated heterocycles. The van der Waals surface area contributed by atoms with Crippen molar-refractivity contribution in [3.63, 3.8) is 0 Å². The number of hydrogen-bond acceptors (Lipinski definition) is 9. The molecule has 0 spiro atoms. The number of rotatable bonds is 21.